The van der Waals surface area contributed by atoms with Gasteiger partial charge in [0, 0.05) is 42.2 Å². The van der Waals surface area contributed by atoms with Crippen LogP contribution in [0.5, 0.6) is 0 Å². The lowest BCUT2D eigenvalue weighted by atomic mass is 9.39. The number of ketones is 2. The highest BCUT2D eigenvalue weighted by molar-refractivity contribution is 5.97. The molecule has 0 aromatic carbocycles. The molecule has 6 saturated carbocycles. The summed E-state index contributed by atoms with van der Waals surface area (Å²) in [7, 11) is 2.27. The summed E-state index contributed by atoms with van der Waals surface area (Å²) in [6, 6.07) is 0.453. The Labute approximate surface area is 143 Å². The molecule has 7 rings (SSSR count). The smallest absolute Gasteiger partial charge is 0.144 e. The van der Waals surface area contributed by atoms with Gasteiger partial charge in [0.2, 0.25) is 0 Å². The lowest BCUT2D eigenvalue weighted by Gasteiger charge is -2.65. The number of Topliss-reactive ketones (excluding diaryl/α,β-unsaturated/α-hetero) is 2. The summed E-state index contributed by atoms with van der Waals surface area (Å²) in [6.07, 6.45) is 6.02. The molecule has 0 radical (unpaired) electrons. The third-order valence-corrected chi connectivity index (χ3v) is 9.45. The van der Waals surface area contributed by atoms with Gasteiger partial charge in [-0.2, -0.15) is 0 Å². The highest BCUT2D eigenvalue weighted by atomic mass is 16.1. The van der Waals surface area contributed by atoms with Crippen LogP contribution >= 0.6 is 0 Å². The Morgan fingerprint density at radius 2 is 1.96 bits per heavy atom. The maximum absolute atomic E-state index is 13.5. The fraction of sp³-hybridized carbons (Fsp3) is 0.810. The molecule has 128 valence electrons. The van der Waals surface area contributed by atoms with Crippen LogP contribution in [0.2, 0.25) is 0 Å². The highest BCUT2D eigenvalue weighted by Crippen LogP contribution is 2.81. The minimum absolute atomic E-state index is 0.0491. The predicted octanol–water partition coefficient (Wildman–Crippen LogP) is 2.85. The molecular formula is C21H27NO2. The lowest BCUT2D eigenvalue weighted by molar-refractivity contribution is -0.186. The third kappa shape index (κ3) is 1.14. The summed E-state index contributed by atoms with van der Waals surface area (Å²) in [4.78, 5) is 29.5. The van der Waals surface area contributed by atoms with E-state index in [0.29, 0.717) is 29.9 Å². The predicted molar refractivity (Wildman–Crippen MR) is 90.2 cm³/mol. The number of carbonyl (C=O) groups excluding carboxylic acids is 2. The minimum Gasteiger partial charge on any atom is -0.302 e. The van der Waals surface area contributed by atoms with Gasteiger partial charge in [-0.3, -0.25) is 9.59 Å². The summed E-state index contributed by atoms with van der Waals surface area (Å²) < 4.78 is 0. The molecule has 7 aliphatic rings. The van der Waals surface area contributed by atoms with E-state index in [1.54, 1.807) is 0 Å². The molecular weight excluding hydrogens is 298 g/mol. The van der Waals surface area contributed by atoms with E-state index < -0.39 is 0 Å². The van der Waals surface area contributed by atoms with Gasteiger partial charge >= 0.3 is 0 Å². The Morgan fingerprint density at radius 1 is 1.17 bits per heavy atom. The molecule has 1 aliphatic heterocycles. The number of hydrogen-bond donors (Lipinski definition) is 0. The van der Waals surface area contributed by atoms with Crippen molar-refractivity contribution in [2.24, 2.45) is 39.9 Å². The van der Waals surface area contributed by atoms with Gasteiger partial charge in [-0.05, 0) is 49.5 Å². The van der Waals surface area contributed by atoms with Crippen molar-refractivity contribution in [3.63, 3.8) is 0 Å². The van der Waals surface area contributed by atoms with E-state index in [-0.39, 0.29) is 34.0 Å². The first-order chi connectivity index (χ1) is 11.4. The van der Waals surface area contributed by atoms with Gasteiger partial charge in [-0.25, -0.2) is 0 Å². The molecule has 1 saturated heterocycles. The van der Waals surface area contributed by atoms with Crippen LogP contribution in [-0.2, 0) is 9.59 Å². The van der Waals surface area contributed by atoms with Crippen LogP contribution in [0.3, 0.4) is 0 Å². The molecule has 6 aliphatic carbocycles. The van der Waals surface area contributed by atoms with E-state index in [1.807, 2.05) is 0 Å². The van der Waals surface area contributed by atoms with E-state index in [9.17, 15) is 9.59 Å². The van der Waals surface area contributed by atoms with Gasteiger partial charge in [0.05, 0.1) is 0 Å². The third-order valence-electron chi connectivity index (χ3n) is 9.45. The summed E-state index contributed by atoms with van der Waals surface area (Å²) in [5, 5.41) is 0. The Bertz CT molecular complexity index is 727. The average molecular weight is 325 g/mol. The number of nitrogens with zero attached hydrogens (tertiary/aromatic N) is 1. The molecule has 0 amide bonds. The number of rotatable bonds is 0. The largest absolute Gasteiger partial charge is 0.302 e. The zero-order valence-corrected chi connectivity index (χ0v) is 14.8. The van der Waals surface area contributed by atoms with Crippen LogP contribution in [0.4, 0.5) is 0 Å². The van der Waals surface area contributed by atoms with Crippen molar-refractivity contribution >= 4 is 11.6 Å². The molecule has 1 heterocycles. The van der Waals surface area contributed by atoms with Crippen LogP contribution in [0, 0.1) is 39.9 Å². The van der Waals surface area contributed by atoms with E-state index in [2.05, 4.69) is 25.5 Å². The van der Waals surface area contributed by atoms with Crippen molar-refractivity contribution in [2.75, 3.05) is 13.6 Å². The minimum atomic E-state index is -0.0714. The summed E-state index contributed by atoms with van der Waals surface area (Å²) in [6.45, 7) is 7.64. The van der Waals surface area contributed by atoms with E-state index in [0.717, 1.165) is 37.8 Å². The second-order valence-electron chi connectivity index (χ2n) is 10.4. The molecule has 8 unspecified atom stereocenters. The van der Waals surface area contributed by atoms with Gasteiger partial charge in [0.15, 0.2) is 0 Å². The number of likely N-dealkylation sites (tertiary alicyclic amines) is 1. The topological polar surface area (TPSA) is 37.4 Å². The zero-order chi connectivity index (χ0) is 16.6. The fourth-order valence-corrected chi connectivity index (χ4v) is 9.57. The van der Waals surface area contributed by atoms with Crippen LogP contribution < -0.4 is 0 Å². The monoisotopic (exact) mass is 325 g/mol. The second kappa shape index (κ2) is 3.75. The first-order valence-corrected chi connectivity index (χ1v) is 9.79. The van der Waals surface area contributed by atoms with Gasteiger partial charge in [-0.15, -0.1) is 0 Å². The molecule has 0 aromatic rings. The molecule has 6 bridgehead atoms. The molecule has 8 atom stereocenters. The van der Waals surface area contributed by atoms with Gasteiger partial charge in [0.25, 0.3) is 0 Å². The van der Waals surface area contributed by atoms with E-state index in [1.165, 1.54) is 6.42 Å². The maximum Gasteiger partial charge on any atom is 0.144 e. The second-order valence-corrected chi connectivity index (χ2v) is 10.4. The van der Waals surface area contributed by atoms with E-state index in [4.69, 9.17) is 0 Å². The van der Waals surface area contributed by atoms with Crippen molar-refractivity contribution in [3.8, 4) is 0 Å². The van der Waals surface area contributed by atoms with Crippen molar-refractivity contribution in [3.05, 3.63) is 12.2 Å². The van der Waals surface area contributed by atoms with Gasteiger partial charge < -0.3 is 4.90 Å². The zero-order valence-electron chi connectivity index (χ0n) is 14.8. The SMILES string of the molecule is C=C1CC23CC(=O)C4C5(C)CCCC46C(C2CC1C(=O)C36)N(C)C5. The molecule has 24 heavy (non-hydrogen) atoms. The molecule has 0 aromatic heterocycles. The summed E-state index contributed by atoms with van der Waals surface area (Å²) >= 11 is 0. The number of piperidine rings is 1. The number of carbonyl (C=O) groups is 2. The molecule has 7 fully saturated rings. The molecule has 0 N–H and O–H groups in total. The first kappa shape index (κ1) is 14.2. The number of allylic oxidation sites excluding steroid dienone is 1. The number of hydrogen-bond acceptors (Lipinski definition) is 3. The van der Waals surface area contributed by atoms with Gasteiger partial charge in [0.1, 0.15) is 11.6 Å². The first-order valence-electron chi connectivity index (χ1n) is 9.79. The Kier molecular flexibility index (Phi) is 2.22. The Morgan fingerprint density at radius 3 is 2.75 bits per heavy atom. The van der Waals surface area contributed by atoms with Crippen molar-refractivity contribution in [1.82, 2.24) is 4.90 Å². The van der Waals surface area contributed by atoms with Crippen LogP contribution in [0.15, 0.2) is 12.2 Å². The molecule has 2 spiro atoms. The molecule has 3 heteroatoms. The molecule has 3 nitrogen and oxygen atoms in total. The quantitative estimate of drug-likeness (QED) is 0.643. The van der Waals surface area contributed by atoms with Crippen molar-refractivity contribution in [2.45, 2.75) is 51.5 Å². The maximum atomic E-state index is 13.5. The number of fused-ring (bicyclic) bond motifs is 1. The van der Waals surface area contributed by atoms with Crippen molar-refractivity contribution in [1.29, 1.82) is 0 Å². The standard InChI is InChI=1S/C21H27NO2/c1-11-8-20-9-14(23)16-19(2)5-4-6-21(16)17(20)15(24)12(11)7-13(20)18(21)22(3)10-19/h12-13,16-18H,1,4-10H2,2-3H3. The fourth-order valence-electron chi connectivity index (χ4n) is 9.57. The summed E-state index contributed by atoms with van der Waals surface area (Å²) in [5.41, 5.74) is 1.09. The van der Waals surface area contributed by atoms with Crippen molar-refractivity contribution < 1.29 is 9.59 Å². The van der Waals surface area contributed by atoms with E-state index >= 15 is 0 Å². The average Bonchev–Trinajstić information content (AvgIpc) is 2.57. The van der Waals surface area contributed by atoms with Crippen LogP contribution in [0.1, 0.15) is 45.4 Å². The van der Waals surface area contributed by atoms with Crippen LogP contribution in [0.25, 0.3) is 0 Å². The lowest BCUT2D eigenvalue weighted by Crippen LogP contribution is -2.69. The Hall–Kier alpha value is -0.960. The van der Waals surface area contributed by atoms with Crippen LogP contribution in [-0.4, -0.2) is 36.1 Å². The summed E-state index contributed by atoms with van der Waals surface area (Å²) in [5.74, 6) is 1.89. The Balaban J connectivity index is 1.68. The van der Waals surface area contributed by atoms with Gasteiger partial charge in [-0.1, -0.05) is 25.5 Å². The highest BCUT2D eigenvalue weighted by Gasteiger charge is 2.83. The normalized spacial score (nSPS) is 60.8.